The molecule has 3 rings (SSSR count). The third-order valence-electron chi connectivity index (χ3n) is 3.23. The molecule has 0 bridgehead atoms. The molecule has 1 atom stereocenters. The van der Waals surface area contributed by atoms with E-state index in [0.717, 1.165) is 29.1 Å². The molecule has 0 spiro atoms. The van der Waals surface area contributed by atoms with Crippen LogP contribution in [0.15, 0.2) is 42.9 Å². The van der Waals surface area contributed by atoms with Crippen molar-refractivity contribution >= 4 is 32.8 Å². The summed E-state index contributed by atoms with van der Waals surface area (Å²) in [6, 6.07) is 9.99. The van der Waals surface area contributed by atoms with E-state index in [2.05, 4.69) is 42.8 Å². The van der Waals surface area contributed by atoms with E-state index in [9.17, 15) is 0 Å². The largest absolute Gasteiger partial charge is 0.358 e. The number of alkyl halides is 1. The van der Waals surface area contributed by atoms with E-state index in [1.165, 1.54) is 0 Å². The molecule has 5 nitrogen and oxygen atoms in total. The molecule has 0 aliphatic heterocycles. The van der Waals surface area contributed by atoms with E-state index < -0.39 is 0 Å². The first-order chi connectivity index (χ1) is 10.2. The first kappa shape index (κ1) is 14.0. The lowest BCUT2D eigenvalue weighted by Gasteiger charge is -2.19. The van der Waals surface area contributed by atoms with Gasteiger partial charge in [0.25, 0.3) is 0 Å². The van der Waals surface area contributed by atoms with Gasteiger partial charge in [-0.1, -0.05) is 41.1 Å². The number of benzene rings is 1. The normalized spacial score (nSPS) is 12.5. The molecule has 6 heteroatoms. The van der Waals surface area contributed by atoms with Crippen LogP contribution in [-0.2, 0) is 0 Å². The van der Waals surface area contributed by atoms with E-state index >= 15 is 0 Å². The Morgan fingerprint density at radius 2 is 2.00 bits per heavy atom. The van der Waals surface area contributed by atoms with Gasteiger partial charge >= 0.3 is 0 Å². The Labute approximate surface area is 131 Å². The van der Waals surface area contributed by atoms with Crippen LogP contribution < -0.4 is 4.90 Å². The fourth-order valence-corrected chi connectivity index (χ4v) is 2.79. The highest BCUT2D eigenvalue weighted by Crippen LogP contribution is 2.24. The van der Waals surface area contributed by atoms with Crippen molar-refractivity contribution in [3.05, 3.63) is 42.9 Å². The first-order valence-corrected chi connectivity index (χ1v) is 7.67. The van der Waals surface area contributed by atoms with Crippen molar-refractivity contribution in [3.8, 4) is 5.69 Å². The van der Waals surface area contributed by atoms with E-state index in [4.69, 9.17) is 0 Å². The molecule has 21 heavy (non-hydrogen) atoms. The van der Waals surface area contributed by atoms with Gasteiger partial charge in [0.05, 0.1) is 17.3 Å². The van der Waals surface area contributed by atoms with Crippen LogP contribution in [0.1, 0.15) is 6.92 Å². The number of halogens is 1. The number of rotatable bonds is 4. The average molecular weight is 346 g/mol. The Balaban J connectivity index is 2.08. The van der Waals surface area contributed by atoms with Crippen molar-refractivity contribution in [3.63, 3.8) is 0 Å². The summed E-state index contributed by atoms with van der Waals surface area (Å²) in [7, 11) is 2.03. The lowest BCUT2D eigenvalue weighted by Crippen LogP contribution is -2.25. The molecular formula is C15H16BrN5. The lowest BCUT2D eigenvalue weighted by molar-refractivity contribution is 0.860. The molecule has 108 valence electrons. The summed E-state index contributed by atoms with van der Waals surface area (Å²) in [4.78, 5) is 11.3. The van der Waals surface area contributed by atoms with Crippen molar-refractivity contribution in [2.45, 2.75) is 11.8 Å². The van der Waals surface area contributed by atoms with Crippen LogP contribution in [0.25, 0.3) is 16.7 Å². The fraction of sp³-hybridized carbons (Fsp3) is 0.267. The second kappa shape index (κ2) is 5.81. The van der Waals surface area contributed by atoms with Crippen LogP contribution in [0.5, 0.6) is 0 Å². The maximum absolute atomic E-state index is 4.46. The summed E-state index contributed by atoms with van der Waals surface area (Å²) >= 11 is 3.57. The van der Waals surface area contributed by atoms with Crippen molar-refractivity contribution < 1.29 is 0 Å². The summed E-state index contributed by atoms with van der Waals surface area (Å²) in [5.41, 5.74) is 1.81. The minimum absolute atomic E-state index is 0.386. The van der Waals surface area contributed by atoms with Crippen molar-refractivity contribution in [1.82, 2.24) is 19.7 Å². The van der Waals surface area contributed by atoms with Gasteiger partial charge < -0.3 is 4.90 Å². The number of hydrogen-bond donors (Lipinski definition) is 0. The molecule has 0 saturated heterocycles. The summed E-state index contributed by atoms with van der Waals surface area (Å²) in [5, 5.41) is 5.42. The van der Waals surface area contributed by atoms with Gasteiger partial charge in [0, 0.05) is 18.4 Å². The number of anilines is 1. The first-order valence-electron chi connectivity index (χ1n) is 6.76. The second-order valence-electron chi connectivity index (χ2n) is 4.99. The van der Waals surface area contributed by atoms with Crippen LogP contribution >= 0.6 is 15.9 Å². The highest BCUT2D eigenvalue weighted by atomic mass is 79.9. The Morgan fingerprint density at radius 1 is 1.24 bits per heavy atom. The van der Waals surface area contributed by atoms with Gasteiger partial charge in [-0.2, -0.15) is 5.10 Å². The molecule has 1 unspecified atom stereocenters. The minimum Gasteiger partial charge on any atom is -0.358 e. The summed E-state index contributed by atoms with van der Waals surface area (Å²) in [5.74, 6) is 0.897. The number of para-hydroxylation sites is 1. The van der Waals surface area contributed by atoms with Crippen LogP contribution in [0.3, 0.4) is 0 Å². The van der Waals surface area contributed by atoms with Crippen molar-refractivity contribution in [2.75, 3.05) is 18.5 Å². The van der Waals surface area contributed by atoms with Crippen molar-refractivity contribution in [2.24, 2.45) is 0 Å². The maximum atomic E-state index is 4.46. The Bertz CT molecular complexity index is 738. The molecule has 0 N–H and O–H groups in total. The second-order valence-corrected chi connectivity index (χ2v) is 6.55. The average Bonchev–Trinajstić information content (AvgIpc) is 2.91. The number of aromatic nitrogens is 4. The van der Waals surface area contributed by atoms with Crippen LogP contribution in [0, 0.1) is 0 Å². The number of hydrogen-bond acceptors (Lipinski definition) is 4. The third-order valence-corrected chi connectivity index (χ3v) is 3.52. The lowest BCUT2D eigenvalue weighted by atomic mass is 10.3. The molecule has 3 aromatic rings. The maximum Gasteiger partial charge on any atom is 0.168 e. The monoisotopic (exact) mass is 345 g/mol. The van der Waals surface area contributed by atoms with Crippen LogP contribution in [0.2, 0.25) is 0 Å². The van der Waals surface area contributed by atoms with Gasteiger partial charge in [0.15, 0.2) is 5.65 Å². The minimum atomic E-state index is 0.386. The van der Waals surface area contributed by atoms with Crippen LogP contribution in [0.4, 0.5) is 5.82 Å². The molecule has 0 amide bonds. The highest BCUT2D eigenvalue weighted by molar-refractivity contribution is 9.09. The standard InChI is InChI=1S/C15H16BrN5/c1-11(16)9-20(2)14-13-8-19-21(15(13)18-10-17-14)12-6-4-3-5-7-12/h3-8,10-11H,9H2,1-2H3. The molecule has 0 saturated carbocycles. The zero-order valence-electron chi connectivity index (χ0n) is 11.9. The van der Waals surface area contributed by atoms with Gasteiger partial charge in [0.2, 0.25) is 0 Å². The Kier molecular flexibility index (Phi) is 3.88. The number of nitrogens with zero attached hydrogens (tertiary/aromatic N) is 5. The summed E-state index contributed by atoms with van der Waals surface area (Å²) in [6.45, 7) is 2.98. The predicted octanol–water partition coefficient (Wildman–Crippen LogP) is 3.04. The van der Waals surface area contributed by atoms with E-state index in [0.29, 0.717) is 4.83 Å². The van der Waals surface area contributed by atoms with E-state index in [1.54, 1.807) is 6.33 Å². The predicted molar refractivity (Wildman–Crippen MR) is 88.3 cm³/mol. The topological polar surface area (TPSA) is 46.8 Å². The van der Waals surface area contributed by atoms with E-state index in [-0.39, 0.29) is 0 Å². The van der Waals surface area contributed by atoms with Gasteiger partial charge in [-0.25, -0.2) is 14.6 Å². The molecule has 0 radical (unpaired) electrons. The quantitative estimate of drug-likeness (QED) is 0.682. The van der Waals surface area contributed by atoms with Gasteiger partial charge in [-0.05, 0) is 12.1 Å². The Hall–Kier alpha value is -1.95. The van der Waals surface area contributed by atoms with E-state index in [1.807, 2.05) is 48.3 Å². The Morgan fingerprint density at radius 3 is 2.71 bits per heavy atom. The summed E-state index contributed by atoms with van der Waals surface area (Å²) < 4.78 is 1.84. The fourth-order valence-electron chi connectivity index (χ4n) is 2.36. The molecule has 2 aromatic heterocycles. The molecule has 1 aromatic carbocycles. The van der Waals surface area contributed by atoms with Gasteiger partial charge in [0.1, 0.15) is 12.1 Å². The molecular weight excluding hydrogens is 330 g/mol. The molecule has 2 heterocycles. The molecule has 0 aliphatic carbocycles. The third kappa shape index (κ3) is 2.76. The van der Waals surface area contributed by atoms with Crippen molar-refractivity contribution in [1.29, 1.82) is 0 Å². The number of fused-ring (bicyclic) bond motifs is 1. The zero-order valence-corrected chi connectivity index (χ0v) is 13.5. The summed E-state index contributed by atoms with van der Waals surface area (Å²) in [6.07, 6.45) is 3.42. The zero-order chi connectivity index (χ0) is 14.8. The highest BCUT2D eigenvalue weighted by Gasteiger charge is 2.14. The molecule has 0 fully saturated rings. The van der Waals surface area contributed by atoms with Gasteiger partial charge in [-0.15, -0.1) is 0 Å². The van der Waals surface area contributed by atoms with Crippen LogP contribution in [-0.4, -0.2) is 38.2 Å². The SMILES string of the molecule is CC(Br)CN(C)c1ncnc2c1cnn2-c1ccccc1. The molecule has 0 aliphatic rings. The smallest absolute Gasteiger partial charge is 0.168 e. The van der Waals surface area contributed by atoms with Gasteiger partial charge in [-0.3, -0.25) is 0 Å².